The molecule has 1 aliphatic rings. The van der Waals surface area contributed by atoms with Gasteiger partial charge in [0, 0.05) is 4.88 Å². The smallest absolute Gasteiger partial charge is 0.263 e. The summed E-state index contributed by atoms with van der Waals surface area (Å²) in [5.74, 6) is 0.754. The molecule has 0 saturated heterocycles. The molecule has 8 heteroatoms. The molecule has 3 aromatic heterocycles. The number of thiophene rings is 1. The molecule has 4 aromatic rings. The van der Waals surface area contributed by atoms with Gasteiger partial charge in [0.1, 0.15) is 10.6 Å². The summed E-state index contributed by atoms with van der Waals surface area (Å²) in [6, 6.07) is 13.5. The molecule has 1 aliphatic carbocycles. The van der Waals surface area contributed by atoms with Crippen LogP contribution in [-0.2, 0) is 30.7 Å². The molecule has 0 atom stereocenters. The Morgan fingerprint density at radius 1 is 1.16 bits per heavy atom. The Balaban J connectivity index is 1.45. The highest BCUT2D eigenvalue weighted by atomic mass is 32.2. The first kappa shape index (κ1) is 21.0. The maximum Gasteiger partial charge on any atom is 0.263 e. The van der Waals surface area contributed by atoms with Crippen molar-refractivity contribution in [3.63, 3.8) is 0 Å². The normalized spacial score (nSPS) is 13.2. The molecule has 5 rings (SSSR count). The van der Waals surface area contributed by atoms with E-state index in [1.165, 1.54) is 22.2 Å². The maximum absolute atomic E-state index is 13.6. The van der Waals surface area contributed by atoms with E-state index in [0.29, 0.717) is 24.0 Å². The minimum atomic E-state index is -0.127. The van der Waals surface area contributed by atoms with E-state index in [1.807, 2.05) is 36.4 Å². The predicted molar refractivity (Wildman–Crippen MR) is 127 cm³/mol. The molecule has 0 aliphatic heterocycles. The Hall–Kier alpha value is -2.84. The van der Waals surface area contributed by atoms with Gasteiger partial charge in [0.15, 0.2) is 5.16 Å². The fourth-order valence-electron chi connectivity index (χ4n) is 4.02. The number of carbonyl (C=O) groups is 1. The summed E-state index contributed by atoms with van der Waals surface area (Å²) in [5.41, 5.74) is 2.21. The van der Waals surface area contributed by atoms with Crippen LogP contribution in [-0.4, -0.2) is 21.2 Å². The Morgan fingerprint density at radius 3 is 2.81 bits per heavy atom. The zero-order chi connectivity index (χ0) is 21.9. The minimum absolute atomic E-state index is 0.00301. The van der Waals surface area contributed by atoms with Gasteiger partial charge in [0.2, 0.25) is 5.91 Å². The summed E-state index contributed by atoms with van der Waals surface area (Å²) in [7, 11) is 0. The number of nitrogens with one attached hydrogen (secondary N) is 1. The number of carbonyl (C=O) groups excluding carboxylic acids is 1. The van der Waals surface area contributed by atoms with Gasteiger partial charge < -0.3 is 9.73 Å². The average Bonchev–Trinajstić information content (AvgIpc) is 3.46. The van der Waals surface area contributed by atoms with Crippen molar-refractivity contribution >= 4 is 39.2 Å². The van der Waals surface area contributed by atoms with Gasteiger partial charge in [-0.3, -0.25) is 14.2 Å². The van der Waals surface area contributed by atoms with Gasteiger partial charge in [0.05, 0.1) is 30.5 Å². The highest BCUT2D eigenvalue weighted by Gasteiger charge is 2.22. The van der Waals surface area contributed by atoms with Crippen molar-refractivity contribution in [2.75, 3.05) is 5.75 Å². The maximum atomic E-state index is 13.6. The zero-order valence-electron chi connectivity index (χ0n) is 17.5. The fourth-order valence-corrected chi connectivity index (χ4v) is 6.15. The molecule has 1 N–H and O–H groups in total. The van der Waals surface area contributed by atoms with Crippen LogP contribution in [0.15, 0.2) is 63.1 Å². The first-order valence-electron chi connectivity index (χ1n) is 10.7. The molecule has 0 spiro atoms. The van der Waals surface area contributed by atoms with E-state index in [4.69, 9.17) is 9.40 Å². The van der Waals surface area contributed by atoms with Crippen molar-refractivity contribution in [2.24, 2.45) is 0 Å². The second-order valence-corrected chi connectivity index (χ2v) is 9.83. The molecule has 164 valence electrons. The Kier molecular flexibility index (Phi) is 6.14. The molecular weight excluding hydrogens is 442 g/mol. The van der Waals surface area contributed by atoms with Crippen LogP contribution in [0.2, 0.25) is 0 Å². The van der Waals surface area contributed by atoms with Crippen LogP contribution in [0.5, 0.6) is 0 Å². The van der Waals surface area contributed by atoms with Crippen LogP contribution in [0.25, 0.3) is 10.2 Å². The van der Waals surface area contributed by atoms with E-state index in [9.17, 15) is 9.59 Å². The molecule has 32 heavy (non-hydrogen) atoms. The van der Waals surface area contributed by atoms with Crippen molar-refractivity contribution in [1.82, 2.24) is 14.9 Å². The van der Waals surface area contributed by atoms with Gasteiger partial charge in [-0.1, -0.05) is 42.1 Å². The number of nitrogens with zero attached hydrogens (tertiary/aromatic N) is 2. The minimum Gasteiger partial charge on any atom is -0.467 e. The molecule has 1 amide bonds. The van der Waals surface area contributed by atoms with Crippen LogP contribution in [0.1, 0.15) is 34.6 Å². The molecule has 3 heterocycles. The lowest BCUT2D eigenvalue weighted by atomic mass is 9.97. The fraction of sp³-hybridized carbons (Fsp3) is 0.292. The Labute approximate surface area is 193 Å². The molecule has 0 bridgehead atoms. The van der Waals surface area contributed by atoms with Crippen molar-refractivity contribution in [1.29, 1.82) is 0 Å². The lowest BCUT2D eigenvalue weighted by Gasteiger charge is -2.13. The van der Waals surface area contributed by atoms with Crippen molar-refractivity contribution in [2.45, 2.75) is 43.9 Å². The lowest BCUT2D eigenvalue weighted by molar-refractivity contribution is -0.118. The van der Waals surface area contributed by atoms with Crippen LogP contribution < -0.4 is 10.9 Å². The van der Waals surface area contributed by atoms with Gasteiger partial charge in [-0.25, -0.2) is 4.98 Å². The van der Waals surface area contributed by atoms with E-state index in [1.54, 1.807) is 28.2 Å². The van der Waals surface area contributed by atoms with Crippen LogP contribution in [0, 0.1) is 0 Å². The number of rotatable bonds is 7. The first-order chi connectivity index (χ1) is 15.7. The van der Waals surface area contributed by atoms with E-state index < -0.39 is 0 Å². The number of aromatic nitrogens is 2. The standard InChI is InChI=1S/C24H23N3O3S2/c28-20(25-13-17-9-6-12-30-17)15-31-24-26-22-21(18-10-4-5-11-19(18)32-22)23(29)27(24)14-16-7-2-1-3-8-16/h1-3,6-9,12H,4-5,10-11,13-15H2,(H,25,28). The van der Waals surface area contributed by atoms with Gasteiger partial charge in [-0.05, 0) is 48.9 Å². The summed E-state index contributed by atoms with van der Waals surface area (Å²) in [6.45, 7) is 0.775. The lowest BCUT2D eigenvalue weighted by Crippen LogP contribution is -2.27. The highest BCUT2D eigenvalue weighted by molar-refractivity contribution is 7.99. The average molecular weight is 466 g/mol. The predicted octanol–water partition coefficient (Wildman–Crippen LogP) is 4.39. The molecule has 0 fully saturated rings. The van der Waals surface area contributed by atoms with Gasteiger partial charge in [-0.15, -0.1) is 11.3 Å². The van der Waals surface area contributed by atoms with Gasteiger partial charge in [0.25, 0.3) is 5.56 Å². The third-order valence-corrected chi connectivity index (χ3v) is 7.76. The van der Waals surface area contributed by atoms with Crippen LogP contribution >= 0.6 is 23.1 Å². The number of amides is 1. The second-order valence-electron chi connectivity index (χ2n) is 7.81. The summed E-state index contributed by atoms with van der Waals surface area (Å²) in [5, 5.41) is 4.20. The molecule has 0 radical (unpaired) electrons. The van der Waals surface area contributed by atoms with E-state index in [0.717, 1.165) is 41.5 Å². The summed E-state index contributed by atoms with van der Waals surface area (Å²) < 4.78 is 6.98. The number of aryl methyl sites for hydroxylation is 2. The summed E-state index contributed by atoms with van der Waals surface area (Å²) in [6.07, 6.45) is 5.82. The number of hydrogen-bond acceptors (Lipinski definition) is 6. The molecular formula is C24H23N3O3S2. The number of furan rings is 1. The third-order valence-electron chi connectivity index (χ3n) is 5.60. The Morgan fingerprint density at radius 2 is 2.00 bits per heavy atom. The molecule has 0 unspecified atom stereocenters. The van der Waals surface area contributed by atoms with Crippen LogP contribution in [0.3, 0.4) is 0 Å². The van der Waals surface area contributed by atoms with E-state index in [-0.39, 0.29) is 17.2 Å². The molecule has 1 aromatic carbocycles. The number of hydrogen-bond donors (Lipinski definition) is 1. The van der Waals surface area contributed by atoms with E-state index in [2.05, 4.69) is 5.32 Å². The van der Waals surface area contributed by atoms with Crippen molar-refractivity contribution in [3.05, 3.63) is 80.8 Å². The van der Waals surface area contributed by atoms with E-state index >= 15 is 0 Å². The van der Waals surface area contributed by atoms with Gasteiger partial charge >= 0.3 is 0 Å². The second kappa shape index (κ2) is 9.34. The third kappa shape index (κ3) is 4.38. The first-order valence-corrected chi connectivity index (χ1v) is 12.5. The van der Waals surface area contributed by atoms with Crippen LogP contribution in [0.4, 0.5) is 0 Å². The number of benzene rings is 1. The van der Waals surface area contributed by atoms with Gasteiger partial charge in [-0.2, -0.15) is 0 Å². The topological polar surface area (TPSA) is 77.1 Å². The SMILES string of the molecule is O=C(CSc1nc2sc3c(c2c(=O)n1Cc1ccccc1)CCCC3)NCc1ccco1. The monoisotopic (exact) mass is 465 g/mol. The largest absolute Gasteiger partial charge is 0.467 e. The summed E-state index contributed by atoms with van der Waals surface area (Å²) in [4.78, 5) is 33.0. The number of thioether (sulfide) groups is 1. The van der Waals surface area contributed by atoms with Crippen molar-refractivity contribution < 1.29 is 9.21 Å². The Bertz CT molecular complexity index is 1290. The van der Waals surface area contributed by atoms with Crippen molar-refractivity contribution in [3.8, 4) is 0 Å². The number of fused-ring (bicyclic) bond motifs is 3. The molecule has 6 nitrogen and oxygen atoms in total. The zero-order valence-corrected chi connectivity index (χ0v) is 19.1. The quantitative estimate of drug-likeness (QED) is 0.324. The highest BCUT2D eigenvalue weighted by Crippen LogP contribution is 2.34. The summed E-state index contributed by atoms with van der Waals surface area (Å²) >= 11 is 2.94. The molecule has 0 saturated carbocycles.